The molecular weight excluding hydrogens is 939 g/mol. The third-order valence-electron chi connectivity index (χ3n) is 14.8. The Bertz CT molecular complexity index is 3220. The Balaban J connectivity index is 1.13. The average Bonchev–Trinajstić information content (AvgIpc) is 3.90. The van der Waals surface area contributed by atoms with E-state index < -0.39 is 64.4 Å². The third-order valence-corrected chi connectivity index (χ3v) is 14.8. The second-order valence-electron chi connectivity index (χ2n) is 19.1. The van der Waals surface area contributed by atoms with E-state index in [9.17, 15) is 20.0 Å². The zero-order valence-electron chi connectivity index (χ0n) is 40.2. The lowest BCUT2D eigenvalue weighted by Gasteiger charge is -2.46. The molecule has 0 radical (unpaired) electrons. The van der Waals surface area contributed by atoms with Crippen molar-refractivity contribution in [3.05, 3.63) is 207 Å². The van der Waals surface area contributed by atoms with Gasteiger partial charge in [-0.05, 0) is 126 Å². The molecule has 74 heavy (non-hydrogen) atoms. The van der Waals surface area contributed by atoms with Crippen molar-refractivity contribution in [2.24, 2.45) is 5.92 Å². The summed E-state index contributed by atoms with van der Waals surface area (Å²) >= 11 is 0. The number of phenols is 1. The van der Waals surface area contributed by atoms with E-state index >= 15 is 14.4 Å². The lowest BCUT2D eigenvalue weighted by Crippen LogP contribution is -2.54. The maximum absolute atomic E-state index is 16.6. The lowest BCUT2D eigenvalue weighted by molar-refractivity contribution is -0.384. The molecule has 3 fully saturated rings. The molecule has 5 aliphatic rings. The number of rotatable bonds is 9. The summed E-state index contributed by atoms with van der Waals surface area (Å²) in [4.78, 5) is 79.1. The van der Waals surface area contributed by atoms with E-state index in [4.69, 9.17) is 14.2 Å². The average molecular weight is 990 g/mol. The summed E-state index contributed by atoms with van der Waals surface area (Å²) in [7, 11) is 0. The highest BCUT2D eigenvalue weighted by atomic mass is 16.6. The number of morpholine rings is 2. The second kappa shape index (κ2) is 20.1. The summed E-state index contributed by atoms with van der Waals surface area (Å²) in [6, 6.07) is 39.5. The monoisotopic (exact) mass is 989 g/mol. The van der Waals surface area contributed by atoms with Crippen LogP contribution in [0.2, 0.25) is 0 Å². The quantitative estimate of drug-likeness (QED) is 0.0607. The zero-order valence-corrected chi connectivity index (χ0v) is 40.2. The summed E-state index contributed by atoms with van der Waals surface area (Å²) in [5.74, 6) is 2.70. The number of carbonyl (C=O) groups is 4. The smallest absolute Gasteiger partial charge is 0.421 e. The molecule has 6 aromatic rings. The molecule has 6 unspecified atom stereocenters. The molecule has 2 N–H and O–H groups in total. The van der Waals surface area contributed by atoms with E-state index in [0.29, 0.717) is 54.2 Å². The fourth-order valence-corrected chi connectivity index (χ4v) is 11.4. The molecular formula is C59H51N5O10. The molecule has 4 aliphatic heterocycles. The minimum atomic E-state index is -2.11. The van der Waals surface area contributed by atoms with Crippen molar-refractivity contribution in [2.75, 3.05) is 41.4 Å². The largest absolute Gasteiger partial charge is 0.508 e. The van der Waals surface area contributed by atoms with Gasteiger partial charge in [-0.15, -0.1) is 0 Å². The maximum atomic E-state index is 16.6. The van der Waals surface area contributed by atoms with Crippen molar-refractivity contribution in [1.82, 2.24) is 4.90 Å². The summed E-state index contributed by atoms with van der Waals surface area (Å²) in [6.07, 6.45) is 3.89. The Labute approximate surface area is 427 Å². The minimum absolute atomic E-state index is 0.0591. The Morgan fingerprint density at radius 1 is 0.797 bits per heavy atom. The highest BCUT2D eigenvalue weighted by Crippen LogP contribution is 2.66. The summed E-state index contributed by atoms with van der Waals surface area (Å²) in [6.45, 7) is 2.19. The molecule has 3 amide bonds. The van der Waals surface area contributed by atoms with Crippen LogP contribution in [0.1, 0.15) is 77.3 Å². The molecule has 6 aromatic carbocycles. The van der Waals surface area contributed by atoms with Gasteiger partial charge in [-0.1, -0.05) is 90.7 Å². The van der Waals surface area contributed by atoms with Gasteiger partial charge in [-0.3, -0.25) is 29.4 Å². The van der Waals surface area contributed by atoms with Crippen LogP contribution in [0, 0.1) is 27.9 Å². The first-order valence-electron chi connectivity index (χ1n) is 24.8. The van der Waals surface area contributed by atoms with E-state index in [1.54, 1.807) is 42.5 Å². The van der Waals surface area contributed by atoms with Crippen LogP contribution < -0.4 is 15.1 Å². The Morgan fingerprint density at radius 2 is 1.50 bits per heavy atom. The van der Waals surface area contributed by atoms with Gasteiger partial charge in [-0.2, -0.15) is 0 Å². The van der Waals surface area contributed by atoms with Gasteiger partial charge in [0.15, 0.2) is 0 Å². The number of nitrogens with one attached hydrogen (secondary N) is 1. The number of non-ortho nitro benzene ring substituents is 1. The molecule has 1 aliphatic carbocycles. The molecule has 3 saturated heterocycles. The normalized spacial score (nSPS) is 23.2. The number of aromatic hydroxyl groups is 1. The van der Waals surface area contributed by atoms with Crippen LogP contribution in [-0.2, 0) is 40.6 Å². The van der Waals surface area contributed by atoms with E-state index in [1.165, 1.54) is 36.4 Å². The molecule has 4 heterocycles. The Kier molecular flexibility index (Phi) is 13.0. The number of benzene rings is 6. The minimum Gasteiger partial charge on any atom is -0.508 e. The van der Waals surface area contributed by atoms with Crippen molar-refractivity contribution in [2.45, 2.75) is 61.9 Å². The summed E-state index contributed by atoms with van der Waals surface area (Å²) in [5, 5.41) is 25.4. The number of amides is 3. The SMILES string of the molecule is O=C1OC(c2ccccc2)C(c2ccccc2)N2C1C(C(=O)Nc1ccc(N3CCOCC3)cc1)C1(C(=O)N(C(=O)OCc3ccc([N+](=O)[O-])cc3)c3ccc(C#CC4=CCCCC4)cc31)C2c1ccc(O)cc1. The van der Waals surface area contributed by atoms with Gasteiger partial charge in [0.1, 0.15) is 29.9 Å². The highest BCUT2D eigenvalue weighted by Gasteiger charge is 2.76. The van der Waals surface area contributed by atoms with E-state index in [0.717, 1.165) is 47.4 Å². The van der Waals surface area contributed by atoms with Crippen molar-refractivity contribution >= 4 is 46.6 Å². The first-order chi connectivity index (χ1) is 36.1. The molecule has 15 nitrogen and oxygen atoms in total. The van der Waals surface area contributed by atoms with Gasteiger partial charge < -0.3 is 29.5 Å². The van der Waals surface area contributed by atoms with Crippen LogP contribution in [0.5, 0.6) is 5.75 Å². The van der Waals surface area contributed by atoms with Crippen LogP contribution in [-0.4, -0.2) is 71.2 Å². The molecule has 0 aromatic heterocycles. The number of ether oxygens (including phenoxy) is 3. The van der Waals surface area contributed by atoms with Crippen LogP contribution in [0.25, 0.3) is 0 Å². The number of nitrogens with zero attached hydrogens (tertiary/aromatic N) is 4. The number of anilines is 3. The van der Waals surface area contributed by atoms with Crippen molar-refractivity contribution < 1.29 is 43.4 Å². The molecule has 1 spiro atoms. The van der Waals surface area contributed by atoms with Crippen LogP contribution in [0.15, 0.2) is 163 Å². The number of fused-ring (bicyclic) bond motifs is 3. The van der Waals surface area contributed by atoms with E-state index in [-0.39, 0.29) is 29.3 Å². The number of cyclic esters (lactones) is 1. The van der Waals surface area contributed by atoms with Gasteiger partial charge in [0, 0.05) is 42.2 Å². The third kappa shape index (κ3) is 8.71. The highest BCUT2D eigenvalue weighted by molar-refractivity contribution is 6.24. The maximum Gasteiger partial charge on any atom is 0.421 e. The van der Waals surface area contributed by atoms with Crippen LogP contribution in [0.4, 0.5) is 27.5 Å². The summed E-state index contributed by atoms with van der Waals surface area (Å²) in [5.41, 5.74) is 3.20. The molecule has 372 valence electrons. The van der Waals surface area contributed by atoms with Gasteiger partial charge in [0.25, 0.3) is 5.69 Å². The number of esters is 1. The predicted molar refractivity (Wildman–Crippen MR) is 275 cm³/mol. The first-order valence-corrected chi connectivity index (χ1v) is 24.8. The standard InChI is InChI=1S/C59H51N5O10/c65-47-29-21-43(22-30-47)54-59(48-36-39(17-16-38-10-4-1-5-11-38)20-31-49(48)62(57(59)68)58(69)73-37-40-18-25-46(26-19-40)64(70)71)50(55(66)60-44-23-27-45(28-24-44)61-32-34-72-35-33-61)52-56(67)74-53(42-14-8-3-9-15-42)51(63(52)54)41-12-6-2-7-13-41/h2-3,6-10,12-15,18-31,36,50-54,65H,1,4-5,11,32-35,37H2,(H,60,66). The molecule has 0 bridgehead atoms. The van der Waals surface area contributed by atoms with Gasteiger partial charge in [0.2, 0.25) is 11.8 Å². The number of phenolic OH excluding ortho intramolecular Hbond substituents is 1. The molecule has 6 atom stereocenters. The van der Waals surface area contributed by atoms with Crippen molar-refractivity contribution in [3.8, 4) is 17.6 Å². The van der Waals surface area contributed by atoms with Gasteiger partial charge in [-0.25, -0.2) is 9.69 Å². The van der Waals surface area contributed by atoms with Gasteiger partial charge in [0.05, 0.1) is 41.8 Å². The molecule has 11 rings (SSSR count). The number of nitro groups is 1. The fraction of sp³-hybridized carbons (Fsp3) is 0.254. The summed E-state index contributed by atoms with van der Waals surface area (Å²) < 4.78 is 18.1. The van der Waals surface area contributed by atoms with E-state index in [2.05, 4.69) is 28.1 Å². The van der Waals surface area contributed by atoms with Crippen LogP contribution in [0.3, 0.4) is 0 Å². The number of hydrogen-bond acceptors (Lipinski definition) is 12. The fourth-order valence-electron chi connectivity index (χ4n) is 11.4. The number of nitro benzene ring substituents is 1. The Hall–Kier alpha value is -8.58. The van der Waals surface area contributed by atoms with Gasteiger partial charge >= 0.3 is 12.1 Å². The number of allylic oxidation sites excluding steroid dienone is 2. The van der Waals surface area contributed by atoms with Crippen LogP contribution >= 0.6 is 0 Å². The van der Waals surface area contributed by atoms with Crippen molar-refractivity contribution in [3.63, 3.8) is 0 Å². The zero-order chi connectivity index (χ0) is 50.9. The number of imide groups is 1. The lowest BCUT2D eigenvalue weighted by atomic mass is 9.65. The van der Waals surface area contributed by atoms with Crippen molar-refractivity contribution in [1.29, 1.82) is 0 Å². The number of hydrogen-bond donors (Lipinski definition) is 2. The second-order valence-corrected chi connectivity index (χ2v) is 19.1. The topological polar surface area (TPSA) is 181 Å². The Morgan fingerprint density at radius 3 is 2.18 bits per heavy atom. The van der Waals surface area contributed by atoms with E-state index in [1.807, 2.05) is 77.7 Å². The molecule has 15 heteroatoms. The number of carbonyl (C=O) groups excluding carboxylic acids is 4. The molecule has 0 saturated carbocycles. The first kappa shape index (κ1) is 47.7. The predicted octanol–water partition coefficient (Wildman–Crippen LogP) is 9.63.